The second kappa shape index (κ2) is 10.2. The van der Waals surface area contributed by atoms with Gasteiger partial charge in [-0.2, -0.15) is 0 Å². The van der Waals surface area contributed by atoms with Gasteiger partial charge in [-0.1, -0.05) is 25.5 Å². The van der Waals surface area contributed by atoms with Crippen molar-refractivity contribution in [2.45, 2.75) is 32.7 Å². The molecule has 158 valence electrons. The minimum absolute atomic E-state index is 0.00610. The summed E-state index contributed by atoms with van der Waals surface area (Å²) in [4.78, 5) is 27.8. The van der Waals surface area contributed by atoms with Crippen molar-refractivity contribution >= 4 is 17.6 Å². The third kappa shape index (κ3) is 5.37. The van der Waals surface area contributed by atoms with Crippen LogP contribution in [0.25, 0.3) is 0 Å². The number of unbranched alkanes of at least 4 members (excludes halogenated alkanes) is 1. The summed E-state index contributed by atoms with van der Waals surface area (Å²) in [5.41, 5.74) is 0.357. The molecule has 0 unspecified atom stereocenters. The molecule has 2 heterocycles. The fourth-order valence-corrected chi connectivity index (χ4v) is 2.93. The normalized spacial score (nSPS) is 10.9. The Bertz CT molecular complexity index is 1060. The number of carbonyl (C=O) groups is 1. The van der Waals surface area contributed by atoms with E-state index >= 15 is 0 Å². The molecule has 0 atom stereocenters. The van der Waals surface area contributed by atoms with Gasteiger partial charge >= 0.3 is 0 Å². The zero-order chi connectivity index (χ0) is 21.5. The summed E-state index contributed by atoms with van der Waals surface area (Å²) in [6.45, 7) is 2.32. The predicted octanol–water partition coefficient (Wildman–Crippen LogP) is 4.62. The van der Waals surface area contributed by atoms with Gasteiger partial charge in [0.1, 0.15) is 17.3 Å². The Kier molecular flexibility index (Phi) is 7.43. The summed E-state index contributed by atoms with van der Waals surface area (Å²) in [7, 11) is 0. The van der Waals surface area contributed by atoms with E-state index in [4.69, 9.17) is 25.3 Å². The number of rotatable bonds is 10. The van der Waals surface area contributed by atoms with Crippen LogP contribution in [0.5, 0.6) is 5.75 Å². The quantitative estimate of drug-likeness (QED) is 0.285. The van der Waals surface area contributed by atoms with Crippen LogP contribution < -0.4 is 15.0 Å². The molecule has 1 aromatic carbocycles. The second-order valence-corrected chi connectivity index (χ2v) is 6.91. The van der Waals surface area contributed by atoms with E-state index in [1.54, 1.807) is 18.2 Å². The molecule has 3 rings (SSSR count). The van der Waals surface area contributed by atoms with Crippen LogP contribution in [0.3, 0.4) is 0 Å². The van der Waals surface area contributed by atoms with Crippen LogP contribution in [0.1, 0.15) is 53.2 Å². The molecule has 0 spiro atoms. The van der Waals surface area contributed by atoms with Crippen molar-refractivity contribution in [1.29, 1.82) is 0 Å². The molecule has 6 nitrogen and oxygen atoms in total. The molecule has 2 aromatic heterocycles. The molecule has 0 aliphatic rings. The topological polar surface area (TPSA) is 81.7 Å². The third-order valence-corrected chi connectivity index (χ3v) is 4.46. The first-order chi connectivity index (χ1) is 14.5. The fourth-order valence-electron chi connectivity index (χ4n) is 2.80. The summed E-state index contributed by atoms with van der Waals surface area (Å²) in [6, 6.07) is 10.4. The number of hydrogen-bond acceptors (Lipinski definition) is 6. The first-order valence-corrected chi connectivity index (χ1v) is 9.90. The average Bonchev–Trinajstić information content (AvgIpc) is 3.19. The van der Waals surface area contributed by atoms with E-state index in [2.05, 4.69) is 4.84 Å². The van der Waals surface area contributed by atoms with E-state index in [0.717, 1.165) is 18.4 Å². The first kappa shape index (κ1) is 21.8. The van der Waals surface area contributed by atoms with Gasteiger partial charge in [-0.25, -0.2) is 9.23 Å². The Labute approximate surface area is 177 Å². The smallest absolute Gasteiger partial charge is 0.267 e. The van der Waals surface area contributed by atoms with Gasteiger partial charge in [-0.15, -0.1) is 0 Å². The molecule has 30 heavy (non-hydrogen) atoms. The molecule has 8 heteroatoms. The summed E-state index contributed by atoms with van der Waals surface area (Å²) in [5, 5.41) is 0. The molecule has 0 fully saturated rings. The summed E-state index contributed by atoms with van der Waals surface area (Å²) >= 11 is 5.50. The van der Waals surface area contributed by atoms with Gasteiger partial charge in [-0.05, 0) is 48.0 Å². The lowest BCUT2D eigenvalue weighted by atomic mass is 10.1. The molecule has 0 saturated carbocycles. The number of nitrogens with one attached hydrogen (secondary N) is 1. The second-order valence-electron chi connectivity index (χ2n) is 6.65. The monoisotopic (exact) mass is 433 g/mol. The summed E-state index contributed by atoms with van der Waals surface area (Å²) < 4.78 is 29.8. The van der Waals surface area contributed by atoms with Crippen molar-refractivity contribution < 1.29 is 22.8 Å². The van der Waals surface area contributed by atoms with Gasteiger partial charge in [0.05, 0.1) is 13.2 Å². The molecule has 1 N–H and O–H groups in total. The molecule has 0 aliphatic heterocycles. The fraction of sp³-hybridized carbons (Fsp3) is 0.273. The average molecular weight is 434 g/mol. The zero-order valence-electron chi connectivity index (χ0n) is 16.4. The van der Waals surface area contributed by atoms with Crippen LogP contribution in [-0.4, -0.2) is 12.4 Å². The summed E-state index contributed by atoms with van der Waals surface area (Å²) in [6.07, 6.45) is 1.97. The molecule has 0 aliphatic carbocycles. The highest BCUT2D eigenvalue weighted by Gasteiger charge is 2.25. The Morgan fingerprint density at radius 1 is 1.13 bits per heavy atom. The predicted molar refractivity (Wildman–Crippen MR) is 109 cm³/mol. The lowest BCUT2D eigenvalue weighted by Crippen LogP contribution is -2.16. The van der Waals surface area contributed by atoms with Crippen molar-refractivity contribution in [3.63, 3.8) is 0 Å². The van der Waals surface area contributed by atoms with Crippen LogP contribution >= 0.6 is 11.8 Å². The molecular weight excluding hydrogens is 413 g/mol. The van der Waals surface area contributed by atoms with Gasteiger partial charge < -0.3 is 13.6 Å². The number of ketones is 1. The number of furan rings is 1. The number of benzene rings is 1. The van der Waals surface area contributed by atoms with Crippen LogP contribution in [-0.2, 0) is 13.0 Å². The standard InChI is InChI=1S/C22H21ClFNO5/c1-2-3-10-28-21-18(26)12-17(13-25-23)30-22(21)20(27)19-9-8-16(29-19)11-14-4-6-15(24)7-5-14/h4-9,12,25H,2-3,10-11,13H2,1H3. The van der Waals surface area contributed by atoms with Gasteiger partial charge in [0, 0.05) is 12.5 Å². The maximum atomic E-state index is 13.1. The van der Waals surface area contributed by atoms with E-state index in [1.807, 2.05) is 6.92 Å². The molecule has 0 saturated heterocycles. The number of hydrogen-bond donors (Lipinski definition) is 1. The minimum atomic E-state index is -0.611. The zero-order valence-corrected chi connectivity index (χ0v) is 17.1. The first-order valence-electron chi connectivity index (χ1n) is 9.53. The van der Waals surface area contributed by atoms with Gasteiger partial charge in [-0.3, -0.25) is 9.59 Å². The summed E-state index contributed by atoms with van der Waals surface area (Å²) in [5.74, 6) is -0.608. The highest BCUT2D eigenvalue weighted by atomic mass is 35.5. The van der Waals surface area contributed by atoms with Gasteiger partial charge in [0.25, 0.3) is 5.78 Å². The van der Waals surface area contributed by atoms with E-state index < -0.39 is 11.2 Å². The lowest BCUT2D eigenvalue weighted by molar-refractivity contribution is 0.0969. The minimum Gasteiger partial charge on any atom is -0.486 e. The highest BCUT2D eigenvalue weighted by molar-refractivity contribution is 6.13. The van der Waals surface area contributed by atoms with E-state index in [1.165, 1.54) is 24.3 Å². The number of ether oxygens (including phenoxy) is 1. The van der Waals surface area contributed by atoms with Gasteiger partial charge in [0.15, 0.2) is 5.76 Å². The van der Waals surface area contributed by atoms with Gasteiger partial charge in [0.2, 0.25) is 16.9 Å². The van der Waals surface area contributed by atoms with Crippen molar-refractivity contribution in [3.8, 4) is 5.75 Å². The van der Waals surface area contributed by atoms with Crippen molar-refractivity contribution in [2.75, 3.05) is 6.61 Å². The molecular formula is C22H21ClFNO5. The maximum absolute atomic E-state index is 13.1. The maximum Gasteiger partial charge on any atom is 0.267 e. The van der Waals surface area contributed by atoms with Crippen LogP contribution in [0, 0.1) is 5.82 Å². The molecule has 0 amide bonds. The van der Waals surface area contributed by atoms with Crippen LogP contribution in [0.4, 0.5) is 4.39 Å². The Balaban J connectivity index is 1.88. The molecule has 0 radical (unpaired) electrons. The Morgan fingerprint density at radius 2 is 1.90 bits per heavy atom. The van der Waals surface area contributed by atoms with Crippen molar-refractivity contribution in [1.82, 2.24) is 4.84 Å². The van der Waals surface area contributed by atoms with Crippen LogP contribution in [0.2, 0.25) is 0 Å². The molecule has 0 bridgehead atoms. The number of halogens is 2. The molecule has 3 aromatic rings. The lowest BCUT2D eigenvalue weighted by Gasteiger charge is -2.10. The highest BCUT2D eigenvalue weighted by Crippen LogP contribution is 2.23. The largest absolute Gasteiger partial charge is 0.486 e. The Hall–Kier alpha value is -2.90. The Morgan fingerprint density at radius 3 is 2.60 bits per heavy atom. The third-order valence-electron chi connectivity index (χ3n) is 4.32. The van der Waals surface area contributed by atoms with E-state index in [9.17, 15) is 14.0 Å². The van der Waals surface area contributed by atoms with E-state index in [-0.39, 0.29) is 42.0 Å². The SMILES string of the molecule is CCCCOc1c(C(=O)c2ccc(Cc3ccc(F)cc3)o2)oc(CNCl)cc1=O. The van der Waals surface area contributed by atoms with Crippen molar-refractivity contribution in [3.05, 3.63) is 87.1 Å². The van der Waals surface area contributed by atoms with Crippen LogP contribution in [0.15, 0.2) is 56.1 Å². The van der Waals surface area contributed by atoms with E-state index in [0.29, 0.717) is 12.2 Å². The van der Waals surface area contributed by atoms with Crippen molar-refractivity contribution in [2.24, 2.45) is 0 Å². The number of carbonyl (C=O) groups excluding carboxylic acids is 1.